The van der Waals surface area contributed by atoms with Crippen LogP contribution in [0.4, 0.5) is 0 Å². The van der Waals surface area contributed by atoms with Crippen molar-refractivity contribution >= 4 is 11.9 Å². The highest BCUT2D eigenvalue weighted by Gasteiger charge is 2.43. The molecule has 17 heavy (non-hydrogen) atoms. The average molecular weight is 241 g/mol. The summed E-state index contributed by atoms with van der Waals surface area (Å²) in [4.78, 5) is 25.0. The first-order chi connectivity index (χ1) is 8.03. The van der Waals surface area contributed by atoms with Gasteiger partial charge in [0.2, 0.25) is 5.91 Å². The molecule has 5 nitrogen and oxygen atoms in total. The summed E-state index contributed by atoms with van der Waals surface area (Å²) in [5.41, 5.74) is -0.773. The molecule has 2 fully saturated rings. The van der Waals surface area contributed by atoms with Crippen molar-refractivity contribution in [3.8, 4) is 0 Å². The minimum absolute atomic E-state index is 0.0645. The summed E-state index contributed by atoms with van der Waals surface area (Å²) >= 11 is 0. The second-order valence-electron chi connectivity index (χ2n) is 5.29. The highest BCUT2D eigenvalue weighted by Crippen LogP contribution is 2.31. The number of likely N-dealkylation sites (tertiary alicyclic amines) is 1. The number of carbonyl (C=O) groups excluding carboxylic acids is 1. The largest absolute Gasteiger partial charge is 0.481 e. The molecule has 2 aliphatic rings. The number of carboxylic acid groups (broad SMARTS) is 1. The SMILES string of the molecule is CC1(C(=O)O)CCN(C(=O)C2CCCOC2)C1. The van der Waals surface area contributed by atoms with Crippen LogP contribution in [0.3, 0.4) is 0 Å². The summed E-state index contributed by atoms with van der Waals surface area (Å²) in [7, 11) is 0. The monoisotopic (exact) mass is 241 g/mol. The van der Waals surface area contributed by atoms with Crippen molar-refractivity contribution in [2.45, 2.75) is 26.2 Å². The first-order valence-corrected chi connectivity index (χ1v) is 6.13. The van der Waals surface area contributed by atoms with Crippen LogP contribution in [0.2, 0.25) is 0 Å². The second kappa shape index (κ2) is 4.64. The fourth-order valence-corrected chi connectivity index (χ4v) is 2.52. The van der Waals surface area contributed by atoms with Crippen molar-refractivity contribution in [2.24, 2.45) is 11.3 Å². The maximum Gasteiger partial charge on any atom is 0.311 e. The molecular formula is C12H19NO4. The summed E-state index contributed by atoms with van der Waals surface area (Å²) in [6.45, 7) is 3.81. The fourth-order valence-electron chi connectivity index (χ4n) is 2.52. The molecule has 0 radical (unpaired) electrons. The number of hydrogen-bond donors (Lipinski definition) is 1. The van der Waals surface area contributed by atoms with Crippen molar-refractivity contribution < 1.29 is 19.4 Å². The zero-order valence-electron chi connectivity index (χ0n) is 10.1. The molecule has 0 spiro atoms. The van der Waals surface area contributed by atoms with E-state index in [2.05, 4.69) is 0 Å². The molecule has 1 amide bonds. The molecule has 96 valence electrons. The van der Waals surface area contributed by atoms with Crippen LogP contribution in [0.5, 0.6) is 0 Å². The van der Waals surface area contributed by atoms with Gasteiger partial charge in [0.25, 0.3) is 0 Å². The molecule has 2 rings (SSSR count). The molecule has 0 aromatic heterocycles. The van der Waals surface area contributed by atoms with E-state index in [1.165, 1.54) is 0 Å². The smallest absolute Gasteiger partial charge is 0.311 e. The molecule has 0 saturated carbocycles. The first kappa shape index (κ1) is 12.4. The van der Waals surface area contributed by atoms with Crippen molar-refractivity contribution in [3.05, 3.63) is 0 Å². The number of hydrogen-bond acceptors (Lipinski definition) is 3. The lowest BCUT2D eigenvalue weighted by Crippen LogP contribution is -2.40. The summed E-state index contributed by atoms with van der Waals surface area (Å²) in [6, 6.07) is 0. The Morgan fingerprint density at radius 1 is 1.47 bits per heavy atom. The molecule has 0 aliphatic carbocycles. The third kappa shape index (κ3) is 2.44. The Morgan fingerprint density at radius 2 is 2.24 bits per heavy atom. The molecule has 2 unspecified atom stereocenters. The number of amides is 1. The molecule has 2 saturated heterocycles. The van der Waals surface area contributed by atoms with Gasteiger partial charge in [-0.25, -0.2) is 0 Å². The van der Waals surface area contributed by atoms with Crippen LogP contribution in [0, 0.1) is 11.3 Å². The summed E-state index contributed by atoms with van der Waals surface area (Å²) in [5.74, 6) is -0.817. The zero-order chi connectivity index (χ0) is 12.5. The van der Waals surface area contributed by atoms with Crippen molar-refractivity contribution in [3.63, 3.8) is 0 Å². The standard InChI is InChI=1S/C12H19NO4/c1-12(11(15)16)4-5-13(8-12)10(14)9-3-2-6-17-7-9/h9H,2-8H2,1H3,(H,15,16). The maximum absolute atomic E-state index is 12.2. The van der Waals surface area contributed by atoms with Crippen LogP contribution in [0.1, 0.15) is 26.2 Å². The number of aliphatic carboxylic acids is 1. The van der Waals surface area contributed by atoms with Crippen LogP contribution in [-0.2, 0) is 14.3 Å². The number of nitrogens with zero attached hydrogens (tertiary/aromatic N) is 1. The maximum atomic E-state index is 12.2. The van der Waals surface area contributed by atoms with E-state index in [1.807, 2.05) is 0 Å². The number of ether oxygens (including phenoxy) is 1. The van der Waals surface area contributed by atoms with Gasteiger partial charge in [0.15, 0.2) is 0 Å². The van der Waals surface area contributed by atoms with Gasteiger partial charge < -0.3 is 14.7 Å². The van der Waals surface area contributed by atoms with Gasteiger partial charge >= 0.3 is 5.97 Å². The van der Waals surface area contributed by atoms with Gasteiger partial charge in [-0.1, -0.05) is 0 Å². The van der Waals surface area contributed by atoms with Crippen LogP contribution in [-0.4, -0.2) is 48.2 Å². The quantitative estimate of drug-likeness (QED) is 0.774. The van der Waals surface area contributed by atoms with Crippen LogP contribution in [0.25, 0.3) is 0 Å². The van der Waals surface area contributed by atoms with E-state index in [9.17, 15) is 9.59 Å². The highest BCUT2D eigenvalue weighted by atomic mass is 16.5. The first-order valence-electron chi connectivity index (χ1n) is 6.13. The normalized spacial score (nSPS) is 33.7. The Balaban J connectivity index is 1.95. The Bertz CT molecular complexity index is 324. The second-order valence-corrected chi connectivity index (χ2v) is 5.29. The molecule has 1 N–H and O–H groups in total. The lowest BCUT2D eigenvalue weighted by Gasteiger charge is -2.27. The van der Waals surface area contributed by atoms with Crippen LogP contribution in [0.15, 0.2) is 0 Å². The predicted molar refractivity (Wildman–Crippen MR) is 60.5 cm³/mol. The summed E-state index contributed by atoms with van der Waals surface area (Å²) in [6.07, 6.45) is 2.32. The molecule has 2 aliphatic heterocycles. The molecule has 0 aromatic rings. The fraction of sp³-hybridized carbons (Fsp3) is 0.833. The molecular weight excluding hydrogens is 222 g/mol. The van der Waals surface area contributed by atoms with Gasteiger partial charge in [-0.05, 0) is 26.2 Å². The minimum atomic E-state index is -0.812. The summed E-state index contributed by atoms with van der Waals surface area (Å²) in [5, 5.41) is 9.12. The van der Waals surface area contributed by atoms with E-state index in [0.717, 1.165) is 19.4 Å². The topological polar surface area (TPSA) is 66.8 Å². The van der Waals surface area contributed by atoms with Gasteiger partial charge in [0.05, 0.1) is 17.9 Å². The van der Waals surface area contributed by atoms with Crippen molar-refractivity contribution in [1.29, 1.82) is 0 Å². The lowest BCUT2D eigenvalue weighted by atomic mass is 9.90. The van der Waals surface area contributed by atoms with Gasteiger partial charge in [-0.3, -0.25) is 9.59 Å². The molecule has 5 heteroatoms. The molecule has 0 bridgehead atoms. The van der Waals surface area contributed by atoms with Gasteiger partial charge in [-0.15, -0.1) is 0 Å². The van der Waals surface area contributed by atoms with Crippen molar-refractivity contribution in [1.82, 2.24) is 4.90 Å². The highest BCUT2D eigenvalue weighted by molar-refractivity contribution is 5.82. The third-order valence-electron chi connectivity index (χ3n) is 3.81. The molecule has 0 aromatic carbocycles. The van der Waals surface area contributed by atoms with E-state index in [-0.39, 0.29) is 11.8 Å². The summed E-state index contributed by atoms with van der Waals surface area (Å²) < 4.78 is 5.30. The average Bonchev–Trinajstić information content (AvgIpc) is 2.74. The Labute approximate surface area is 101 Å². The number of carboxylic acids is 1. The predicted octanol–water partition coefficient (Wildman–Crippen LogP) is 0.736. The van der Waals surface area contributed by atoms with Gasteiger partial charge in [0, 0.05) is 19.7 Å². The van der Waals surface area contributed by atoms with Gasteiger partial charge in [-0.2, -0.15) is 0 Å². The van der Waals surface area contributed by atoms with Crippen LogP contribution >= 0.6 is 0 Å². The zero-order valence-corrected chi connectivity index (χ0v) is 10.1. The Morgan fingerprint density at radius 3 is 2.76 bits per heavy atom. The Kier molecular flexibility index (Phi) is 3.38. The van der Waals surface area contributed by atoms with E-state index in [0.29, 0.717) is 26.1 Å². The molecule has 2 heterocycles. The van der Waals surface area contributed by atoms with Gasteiger partial charge in [0.1, 0.15) is 0 Å². The molecule has 2 atom stereocenters. The van der Waals surface area contributed by atoms with E-state index in [4.69, 9.17) is 9.84 Å². The number of carbonyl (C=O) groups is 2. The Hall–Kier alpha value is -1.10. The third-order valence-corrected chi connectivity index (χ3v) is 3.81. The van der Waals surface area contributed by atoms with E-state index in [1.54, 1.807) is 11.8 Å². The minimum Gasteiger partial charge on any atom is -0.481 e. The van der Waals surface area contributed by atoms with Crippen molar-refractivity contribution in [2.75, 3.05) is 26.3 Å². The lowest BCUT2D eigenvalue weighted by molar-refractivity contribution is -0.148. The van der Waals surface area contributed by atoms with Crippen LogP contribution < -0.4 is 0 Å². The van der Waals surface area contributed by atoms with E-state index < -0.39 is 11.4 Å². The number of rotatable bonds is 2. The van der Waals surface area contributed by atoms with E-state index >= 15 is 0 Å².